The Morgan fingerprint density at radius 2 is 0.780 bits per heavy atom. The average molecular weight is 752 g/mol. The molecule has 278 valence electrons. The van der Waals surface area contributed by atoms with Gasteiger partial charge in [0, 0.05) is 17.1 Å². The normalized spacial score (nSPS) is 11.4. The van der Waals surface area contributed by atoms with Gasteiger partial charge in [-0.2, -0.15) is 0 Å². The van der Waals surface area contributed by atoms with Crippen LogP contribution < -0.4 is 4.90 Å². The van der Waals surface area contributed by atoms with E-state index in [0.717, 1.165) is 28.2 Å². The van der Waals surface area contributed by atoms with Crippen LogP contribution >= 0.6 is 0 Å². The molecule has 0 atom stereocenters. The first kappa shape index (κ1) is 35.7. The van der Waals surface area contributed by atoms with E-state index in [1.165, 1.54) is 71.3 Å². The van der Waals surface area contributed by atoms with Gasteiger partial charge in [0.25, 0.3) is 0 Å². The van der Waals surface area contributed by atoms with Gasteiger partial charge in [-0.15, -0.1) is 0 Å². The summed E-state index contributed by atoms with van der Waals surface area (Å²) in [5.74, 6) is 0. The van der Waals surface area contributed by atoms with E-state index in [2.05, 4.69) is 236 Å². The summed E-state index contributed by atoms with van der Waals surface area (Å²) in [5, 5.41) is 7.50. The SMILES string of the molecule is C=C/C=C\c1cc2ccccc2cc1-c1ccc(N(c2ccc(-c3cccc(-c4ccccc4)c3)cc2)c2ccc(-c3cc4ccccc4c4ccccc34)cc2)cc1. The molecule has 1 heteroatoms. The maximum absolute atomic E-state index is 3.92. The lowest BCUT2D eigenvalue weighted by atomic mass is 9.93. The van der Waals surface area contributed by atoms with Crippen molar-refractivity contribution in [2.24, 2.45) is 0 Å². The highest BCUT2D eigenvalue weighted by atomic mass is 15.1. The van der Waals surface area contributed by atoms with Crippen LogP contribution in [0.4, 0.5) is 17.1 Å². The molecule has 10 aromatic carbocycles. The lowest BCUT2D eigenvalue weighted by Crippen LogP contribution is -2.09. The van der Waals surface area contributed by atoms with Crippen molar-refractivity contribution in [3.05, 3.63) is 243 Å². The molecule has 1 nitrogen and oxygen atoms in total. The zero-order valence-corrected chi connectivity index (χ0v) is 32.7. The van der Waals surface area contributed by atoms with Gasteiger partial charge in [0.1, 0.15) is 0 Å². The number of hydrogen-bond acceptors (Lipinski definition) is 1. The van der Waals surface area contributed by atoms with Crippen LogP contribution in [-0.2, 0) is 0 Å². The largest absolute Gasteiger partial charge is 0.311 e. The van der Waals surface area contributed by atoms with Crippen molar-refractivity contribution >= 4 is 55.5 Å². The second-order valence-corrected chi connectivity index (χ2v) is 15.0. The molecule has 0 aliphatic carbocycles. The van der Waals surface area contributed by atoms with E-state index >= 15 is 0 Å². The van der Waals surface area contributed by atoms with Crippen molar-refractivity contribution in [3.8, 4) is 44.5 Å². The van der Waals surface area contributed by atoms with Crippen molar-refractivity contribution in [1.82, 2.24) is 0 Å². The van der Waals surface area contributed by atoms with Gasteiger partial charge in [-0.1, -0.05) is 183 Å². The highest BCUT2D eigenvalue weighted by Gasteiger charge is 2.16. The van der Waals surface area contributed by atoms with E-state index in [4.69, 9.17) is 0 Å². The molecule has 59 heavy (non-hydrogen) atoms. The molecule has 0 bridgehead atoms. The number of rotatable bonds is 9. The molecule has 0 unspecified atom stereocenters. The van der Waals surface area contributed by atoms with Gasteiger partial charge in [-0.3, -0.25) is 0 Å². The van der Waals surface area contributed by atoms with E-state index in [9.17, 15) is 0 Å². The minimum Gasteiger partial charge on any atom is -0.311 e. The number of nitrogens with zero attached hydrogens (tertiary/aromatic N) is 1. The summed E-state index contributed by atoms with van der Waals surface area (Å²) in [6.07, 6.45) is 5.99. The van der Waals surface area contributed by atoms with E-state index in [0.29, 0.717) is 0 Å². The van der Waals surface area contributed by atoms with Crippen LogP contribution in [0.5, 0.6) is 0 Å². The monoisotopic (exact) mass is 751 g/mol. The maximum Gasteiger partial charge on any atom is 0.0462 e. The molecule has 10 rings (SSSR count). The second kappa shape index (κ2) is 15.7. The van der Waals surface area contributed by atoms with Crippen LogP contribution in [0.1, 0.15) is 5.56 Å². The Morgan fingerprint density at radius 1 is 0.322 bits per heavy atom. The first-order chi connectivity index (χ1) is 29.2. The van der Waals surface area contributed by atoms with Gasteiger partial charge in [-0.25, -0.2) is 0 Å². The summed E-state index contributed by atoms with van der Waals surface area (Å²) in [7, 11) is 0. The van der Waals surface area contributed by atoms with Crippen molar-refractivity contribution < 1.29 is 0 Å². The summed E-state index contributed by atoms with van der Waals surface area (Å²) in [4.78, 5) is 2.36. The molecule has 0 radical (unpaired) electrons. The number of fused-ring (bicyclic) bond motifs is 4. The van der Waals surface area contributed by atoms with Crippen LogP contribution in [0.25, 0.3) is 82.9 Å². The highest BCUT2D eigenvalue weighted by Crippen LogP contribution is 2.41. The summed E-state index contributed by atoms with van der Waals surface area (Å²) >= 11 is 0. The lowest BCUT2D eigenvalue weighted by Gasteiger charge is -2.26. The first-order valence-electron chi connectivity index (χ1n) is 20.2. The number of anilines is 3. The molecule has 0 heterocycles. The quantitative estimate of drug-likeness (QED) is 0.105. The molecule has 10 aromatic rings. The third-order valence-electron chi connectivity index (χ3n) is 11.4. The molecule has 0 saturated carbocycles. The molecule has 0 amide bonds. The van der Waals surface area contributed by atoms with E-state index in [1.807, 2.05) is 12.2 Å². The molecular weight excluding hydrogens is 711 g/mol. The van der Waals surface area contributed by atoms with Crippen molar-refractivity contribution in [2.45, 2.75) is 0 Å². The molecule has 0 aromatic heterocycles. The number of hydrogen-bond donors (Lipinski definition) is 0. The zero-order chi connectivity index (χ0) is 39.5. The van der Waals surface area contributed by atoms with Crippen LogP contribution in [-0.4, -0.2) is 0 Å². The Kier molecular flexibility index (Phi) is 9.46. The minimum atomic E-state index is 1.08. The Balaban J connectivity index is 1.06. The zero-order valence-electron chi connectivity index (χ0n) is 32.7. The van der Waals surface area contributed by atoms with Gasteiger partial charge in [0.05, 0.1) is 0 Å². The highest BCUT2D eigenvalue weighted by molar-refractivity contribution is 6.13. The minimum absolute atomic E-state index is 1.08. The summed E-state index contributed by atoms with van der Waals surface area (Å²) < 4.78 is 0. The van der Waals surface area contributed by atoms with Crippen molar-refractivity contribution in [1.29, 1.82) is 0 Å². The molecule has 0 fully saturated rings. The topological polar surface area (TPSA) is 3.24 Å². The molecule has 0 spiro atoms. The third-order valence-corrected chi connectivity index (χ3v) is 11.4. The Bertz CT molecular complexity index is 3140. The summed E-state index contributed by atoms with van der Waals surface area (Å²) in [5.41, 5.74) is 14.0. The number of benzene rings is 10. The fourth-order valence-electron chi connectivity index (χ4n) is 8.45. The maximum atomic E-state index is 3.92. The lowest BCUT2D eigenvalue weighted by molar-refractivity contribution is 1.28. The van der Waals surface area contributed by atoms with Crippen molar-refractivity contribution in [2.75, 3.05) is 4.90 Å². The molecular formula is C58H41N. The predicted octanol–water partition coefficient (Wildman–Crippen LogP) is 16.5. The fourth-order valence-corrected chi connectivity index (χ4v) is 8.45. The smallest absolute Gasteiger partial charge is 0.0462 e. The summed E-state index contributed by atoms with van der Waals surface area (Å²) in [6.45, 7) is 3.92. The molecule has 0 saturated heterocycles. The van der Waals surface area contributed by atoms with E-state index in [-0.39, 0.29) is 0 Å². The standard InChI is InChI=1S/C58H41N/c1-2-3-14-49-38-47-17-7-8-18-48(47)39-57(49)43-27-33-52(34-28-43)59(51-31-25-42(26-32-51)46-21-13-20-45(37-46)41-15-5-4-6-16-41)53-35-29-44(30-36-53)58-40-50-19-9-10-22-54(50)55-23-11-12-24-56(55)58/h2-40H,1H2/b14-3-. The number of allylic oxidation sites excluding steroid dienone is 2. The molecule has 0 N–H and O–H groups in total. The van der Waals surface area contributed by atoms with Gasteiger partial charge in [0.15, 0.2) is 0 Å². The van der Waals surface area contributed by atoms with Gasteiger partial charge >= 0.3 is 0 Å². The molecule has 0 aliphatic heterocycles. The van der Waals surface area contributed by atoms with E-state index < -0.39 is 0 Å². The van der Waals surface area contributed by atoms with Crippen molar-refractivity contribution in [3.63, 3.8) is 0 Å². The summed E-state index contributed by atoms with van der Waals surface area (Å²) in [6, 6.07) is 79.2. The van der Waals surface area contributed by atoms with Gasteiger partial charge in [0.2, 0.25) is 0 Å². The van der Waals surface area contributed by atoms with Crippen LogP contribution in [0, 0.1) is 0 Å². The Morgan fingerprint density at radius 3 is 1.41 bits per heavy atom. The van der Waals surface area contributed by atoms with Crippen LogP contribution in [0.3, 0.4) is 0 Å². The predicted molar refractivity (Wildman–Crippen MR) is 255 cm³/mol. The third kappa shape index (κ3) is 7.01. The van der Waals surface area contributed by atoms with Crippen LogP contribution in [0.2, 0.25) is 0 Å². The van der Waals surface area contributed by atoms with E-state index in [1.54, 1.807) is 0 Å². The average Bonchev–Trinajstić information content (AvgIpc) is 3.31. The Labute approximate surface area is 346 Å². The first-order valence-corrected chi connectivity index (χ1v) is 20.2. The Hall–Kier alpha value is -7.74. The second-order valence-electron chi connectivity index (χ2n) is 15.0. The van der Waals surface area contributed by atoms with Crippen LogP contribution in [0.15, 0.2) is 237 Å². The van der Waals surface area contributed by atoms with Gasteiger partial charge in [-0.05, 0) is 143 Å². The fraction of sp³-hybridized carbons (Fsp3) is 0. The van der Waals surface area contributed by atoms with Gasteiger partial charge < -0.3 is 4.90 Å². The molecule has 0 aliphatic rings.